The number of fused-ring (bicyclic) bond motifs is 1. The molecule has 0 saturated carbocycles. The van der Waals surface area contributed by atoms with Crippen molar-refractivity contribution >= 4 is 61.3 Å². The number of benzene rings is 3. The molecule has 3 aromatic carbocycles. The molecule has 0 fully saturated rings. The highest BCUT2D eigenvalue weighted by Crippen LogP contribution is 2.34. The molecule has 4 aromatic rings. The summed E-state index contributed by atoms with van der Waals surface area (Å²) in [6.07, 6.45) is 0. The number of anilines is 1. The fourth-order valence-electron chi connectivity index (χ4n) is 2.91. The van der Waals surface area contributed by atoms with Crippen molar-refractivity contribution in [1.29, 1.82) is 5.26 Å². The Balaban J connectivity index is 1.50. The Hall–Kier alpha value is -2.98. The number of thiazole rings is 1. The fraction of sp³-hybridized carbons (Fsp3) is 0.0909. The van der Waals surface area contributed by atoms with Gasteiger partial charge in [0.05, 0.1) is 32.0 Å². The van der Waals surface area contributed by atoms with Crippen molar-refractivity contribution < 1.29 is 0 Å². The third-order valence-corrected chi connectivity index (χ3v) is 5.99. The summed E-state index contributed by atoms with van der Waals surface area (Å²) >= 11 is 13.5. The first-order chi connectivity index (χ1) is 14.6. The van der Waals surface area contributed by atoms with Gasteiger partial charge in [-0.2, -0.15) is 5.26 Å². The maximum atomic E-state index is 9.19. The highest BCUT2D eigenvalue weighted by atomic mass is 35.5. The molecule has 0 unspecified atom stereocenters. The van der Waals surface area contributed by atoms with Gasteiger partial charge in [-0.15, -0.1) is 10.2 Å². The molecule has 1 heterocycles. The molecule has 0 saturated heterocycles. The maximum absolute atomic E-state index is 9.19. The number of rotatable bonds is 6. The SMILES string of the molecule is N#CCN(Cc1ccccc1)c1ccc(N=Nc2nc3cc(Cl)c(Cl)cc3s2)cc1. The number of hydrogen-bond acceptors (Lipinski definition) is 6. The third-order valence-electron chi connectivity index (χ3n) is 4.36. The summed E-state index contributed by atoms with van der Waals surface area (Å²) in [7, 11) is 0. The molecular formula is C22H15Cl2N5S. The van der Waals surface area contributed by atoms with Gasteiger partial charge in [-0.3, -0.25) is 0 Å². The minimum Gasteiger partial charge on any atom is -0.354 e. The number of nitrogens with zero attached hydrogens (tertiary/aromatic N) is 5. The smallest absolute Gasteiger partial charge is 0.231 e. The van der Waals surface area contributed by atoms with Crippen molar-refractivity contribution in [3.8, 4) is 6.07 Å². The summed E-state index contributed by atoms with van der Waals surface area (Å²) in [6, 6.07) is 23.4. The van der Waals surface area contributed by atoms with Gasteiger partial charge in [0, 0.05) is 12.2 Å². The number of hydrogen-bond donors (Lipinski definition) is 0. The zero-order valence-electron chi connectivity index (χ0n) is 15.7. The van der Waals surface area contributed by atoms with Crippen molar-refractivity contribution in [2.75, 3.05) is 11.4 Å². The van der Waals surface area contributed by atoms with Crippen LogP contribution in [0, 0.1) is 11.3 Å². The van der Waals surface area contributed by atoms with Crippen molar-refractivity contribution in [2.24, 2.45) is 10.2 Å². The lowest BCUT2D eigenvalue weighted by Crippen LogP contribution is -2.22. The highest BCUT2D eigenvalue weighted by Gasteiger charge is 2.09. The van der Waals surface area contributed by atoms with Crippen LogP contribution >= 0.6 is 34.5 Å². The predicted molar refractivity (Wildman–Crippen MR) is 123 cm³/mol. The fourth-order valence-corrected chi connectivity index (χ4v) is 4.11. The molecule has 8 heteroatoms. The average molecular weight is 452 g/mol. The first kappa shape index (κ1) is 20.3. The van der Waals surface area contributed by atoms with Crippen LogP contribution in [-0.2, 0) is 6.54 Å². The first-order valence-electron chi connectivity index (χ1n) is 9.05. The van der Waals surface area contributed by atoms with Crippen LogP contribution in [0.25, 0.3) is 10.2 Å². The summed E-state index contributed by atoms with van der Waals surface area (Å²) in [5, 5.41) is 19.2. The lowest BCUT2D eigenvalue weighted by atomic mass is 10.2. The maximum Gasteiger partial charge on any atom is 0.231 e. The normalized spacial score (nSPS) is 11.1. The molecule has 0 atom stereocenters. The van der Waals surface area contributed by atoms with E-state index in [1.807, 2.05) is 59.5 Å². The number of aromatic nitrogens is 1. The summed E-state index contributed by atoms with van der Waals surface area (Å²) < 4.78 is 0.904. The van der Waals surface area contributed by atoms with E-state index in [1.54, 1.807) is 12.1 Å². The summed E-state index contributed by atoms with van der Waals surface area (Å²) in [5.74, 6) is 0. The molecule has 1 aromatic heterocycles. The highest BCUT2D eigenvalue weighted by molar-refractivity contribution is 7.22. The lowest BCUT2D eigenvalue weighted by molar-refractivity contribution is 0.872. The molecule has 0 radical (unpaired) electrons. The predicted octanol–water partition coefficient (Wildman–Crippen LogP) is 7.55. The molecule has 0 amide bonds. The zero-order chi connectivity index (χ0) is 20.9. The van der Waals surface area contributed by atoms with Gasteiger partial charge in [-0.1, -0.05) is 64.9 Å². The van der Waals surface area contributed by atoms with Crippen LogP contribution in [0.15, 0.2) is 77.0 Å². The monoisotopic (exact) mass is 451 g/mol. The Labute approximate surface area is 187 Å². The molecule has 0 spiro atoms. The Morgan fingerprint density at radius 3 is 2.43 bits per heavy atom. The number of halogens is 2. The van der Waals surface area contributed by atoms with Gasteiger partial charge in [0.15, 0.2) is 0 Å². The average Bonchev–Trinajstić information content (AvgIpc) is 3.15. The molecule has 4 rings (SSSR count). The van der Waals surface area contributed by atoms with Crippen LogP contribution in [-0.4, -0.2) is 11.5 Å². The van der Waals surface area contributed by atoms with E-state index < -0.39 is 0 Å². The van der Waals surface area contributed by atoms with Gasteiger partial charge < -0.3 is 4.90 Å². The second kappa shape index (κ2) is 9.23. The zero-order valence-corrected chi connectivity index (χ0v) is 18.0. The van der Waals surface area contributed by atoms with E-state index in [-0.39, 0.29) is 0 Å². The lowest BCUT2D eigenvalue weighted by Gasteiger charge is -2.21. The van der Waals surface area contributed by atoms with Crippen molar-refractivity contribution in [3.05, 3.63) is 82.3 Å². The molecule has 148 valence electrons. The van der Waals surface area contributed by atoms with Crippen LogP contribution in [0.4, 0.5) is 16.5 Å². The minimum atomic E-state index is 0.298. The number of azo groups is 1. The Kier molecular flexibility index (Phi) is 6.24. The molecule has 30 heavy (non-hydrogen) atoms. The topological polar surface area (TPSA) is 64.6 Å². The van der Waals surface area contributed by atoms with E-state index in [2.05, 4.69) is 21.3 Å². The second-order valence-corrected chi connectivity index (χ2v) is 8.27. The summed E-state index contributed by atoms with van der Waals surface area (Å²) in [5.41, 5.74) is 3.54. The van der Waals surface area contributed by atoms with Crippen LogP contribution < -0.4 is 4.90 Å². The van der Waals surface area contributed by atoms with Crippen LogP contribution in [0.1, 0.15) is 5.56 Å². The van der Waals surface area contributed by atoms with Gasteiger partial charge in [-0.05, 0) is 42.0 Å². The Morgan fingerprint density at radius 1 is 0.967 bits per heavy atom. The first-order valence-corrected chi connectivity index (χ1v) is 10.6. The largest absolute Gasteiger partial charge is 0.354 e. The standard InChI is InChI=1S/C22H15Cl2N5S/c23-18-12-20-21(13-19(18)24)30-22(26-20)28-27-16-6-8-17(9-7-16)29(11-10-25)14-15-4-2-1-3-5-15/h1-9,12-13H,11,14H2. The minimum absolute atomic E-state index is 0.298. The van der Waals surface area contributed by atoms with Crippen molar-refractivity contribution in [3.63, 3.8) is 0 Å². The summed E-state index contributed by atoms with van der Waals surface area (Å²) in [4.78, 5) is 6.43. The third kappa shape index (κ3) is 4.77. The Morgan fingerprint density at radius 2 is 1.70 bits per heavy atom. The molecule has 5 nitrogen and oxygen atoms in total. The van der Waals surface area contributed by atoms with E-state index >= 15 is 0 Å². The number of nitriles is 1. The molecule has 0 aliphatic carbocycles. The molecule has 0 bridgehead atoms. The van der Waals surface area contributed by atoms with Gasteiger partial charge >= 0.3 is 0 Å². The van der Waals surface area contributed by atoms with Crippen molar-refractivity contribution in [2.45, 2.75) is 6.54 Å². The van der Waals surface area contributed by atoms with E-state index in [1.165, 1.54) is 11.3 Å². The van der Waals surface area contributed by atoms with Crippen LogP contribution in [0.5, 0.6) is 0 Å². The van der Waals surface area contributed by atoms with E-state index in [0.29, 0.717) is 34.0 Å². The van der Waals surface area contributed by atoms with Gasteiger partial charge in [0.25, 0.3) is 0 Å². The molecule has 0 aliphatic rings. The van der Waals surface area contributed by atoms with Crippen LogP contribution in [0.2, 0.25) is 10.0 Å². The van der Waals surface area contributed by atoms with E-state index in [4.69, 9.17) is 23.2 Å². The van der Waals surface area contributed by atoms with Gasteiger partial charge in [-0.25, -0.2) is 4.98 Å². The quantitative estimate of drug-likeness (QED) is 0.224. The van der Waals surface area contributed by atoms with Crippen molar-refractivity contribution in [1.82, 2.24) is 4.98 Å². The summed E-state index contributed by atoms with van der Waals surface area (Å²) in [6.45, 7) is 0.957. The van der Waals surface area contributed by atoms with E-state index in [9.17, 15) is 5.26 Å². The molecule has 0 aliphatic heterocycles. The molecule has 0 N–H and O–H groups in total. The van der Waals surface area contributed by atoms with E-state index in [0.717, 1.165) is 21.5 Å². The molecular weight excluding hydrogens is 437 g/mol. The second-order valence-electron chi connectivity index (χ2n) is 6.45. The van der Waals surface area contributed by atoms with Gasteiger partial charge in [0.2, 0.25) is 5.13 Å². The van der Waals surface area contributed by atoms with Crippen LogP contribution in [0.3, 0.4) is 0 Å². The van der Waals surface area contributed by atoms with Gasteiger partial charge in [0.1, 0.15) is 6.54 Å². The Bertz CT molecular complexity index is 1190.